The molecule has 0 fully saturated rings. The number of nitrogens with zero attached hydrogens (tertiary/aromatic N) is 4. The molecule has 0 bridgehead atoms. The molecule has 0 aliphatic carbocycles. The van der Waals surface area contributed by atoms with Crippen molar-refractivity contribution >= 4 is 58.2 Å². The first-order valence-electron chi connectivity index (χ1n) is 10.5. The van der Waals surface area contributed by atoms with Gasteiger partial charge in [0.2, 0.25) is 5.91 Å². The van der Waals surface area contributed by atoms with Crippen molar-refractivity contribution in [3.8, 4) is 0 Å². The minimum absolute atomic E-state index is 0.0499. The van der Waals surface area contributed by atoms with Gasteiger partial charge in [-0.3, -0.25) is 19.7 Å². The van der Waals surface area contributed by atoms with Gasteiger partial charge in [-0.25, -0.2) is 0 Å². The number of non-ortho nitro benzene ring substituents is 1. The average molecular weight is 537 g/mol. The predicted octanol–water partition coefficient (Wildman–Crippen LogP) is 4.52. The van der Waals surface area contributed by atoms with Crippen molar-refractivity contribution in [3.63, 3.8) is 0 Å². The Bertz CT molecular complexity index is 1270. The monoisotopic (exact) mass is 536 g/mol. The van der Waals surface area contributed by atoms with Crippen LogP contribution in [0.2, 0.25) is 10.0 Å². The second kappa shape index (κ2) is 12.0. The van der Waals surface area contributed by atoms with E-state index in [2.05, 4.69) is 20.8 Å². The molecule has 2 N–H and O–H groups in total. The zero-order valence-corrected chi connectivity index (χ0v) is 21.2. The van der Waals surface area contributed by atoms with Crippen LogP contribution in [-0.4, -0.2) is 43.8 Å². The summed E-state index contributed by atoms with van der Waals surface area (Å²) in [6.45, 7) is 4.59. The molecule has 0 saturated carbocycles. The maximum Gasteiger partial charge on any atom is 0.271 e. The number of aromatic nitrogens is 3. The summed E-state index contributed by atoms with van der Waals surface area (Å²) < 4.78 is 1.86. The molecular formula is C22H22Cl2N6O4S. The minimum Gasteiger partial charge on any atom is -0.352 e. The van der Waals surface area contributed by atoms with Crippen molar-refractivity contribution in [2.45, 2.75) is 32.0 Å². The summed E-state index contributed by atoms with van der Waals surface area (Å²) in [4.78, 5) is 35.2. The Labute approximate surface area is 215 Å². The van der Waals surface area contributed by atoms with Gasteiger partial charge in [0.1, 0.15) is 5.82 Å². The highest BCUT2D eigenvalue weighted by molar-refractivity contribution is 7.99. The van der Waals surface area contributed by atoms with E-state index in [9.17, 15) is 19.7 Å². The van der Waals surface area contributed by atoms with Crippen LogP contribution in [0.5, 0.6) is 0 Å². The molecule has 3 aromatic rings. The van der Waals surface area contributed by atoms with Crippen LogP contribution in [0, 0.1) is 17.0 Å². The van der Waals surface area contributed by atoms with E-state index in [-0.39, 0.29) is 23.3 Å². The number of halogens is 2. The molecule has 3 rings (SSSR count). The van der Waals surface area contributed by atoms with Crippen molar-refractivity contribution in [2.24, 2.45) is 0 Å². The molecule has 0 saturated heterocycles. The molecule has 0 unspecified atom stereocenters. The number of nitrogens with one attached hydrogen (secondary N) is 2. The Kier molecular flexibility index (Phi) is 9.07. The Morgan fingerprint density at radius 1 is 1.14 bits per heavy atom. The highest BCUT2D eigenvalue weighted by Gasteiger charge is 2.16. The summed E-state index contributed by atoms with van der Waals surface area (Å²) in [7, 11) is 0. The van der Waals surface area contributed by atoms with Crippen LogP contribution in [0.3, 0.4) is 0 Å². The van der Waals surface area contributed by atoms with Crippen LogP contribution in [0.15, 0.2) is 41.6 Å². The van der Waals surface area contributed by atoms with E-state index < -0.39 is 4.92 Å². The summed E-state index contributed by atoms with van der Waals surface area (Å²) in [6, 6.07) is 8.96. The van der Waals surface area contributed by atoms with E-state index in [0.717, 1.165) is 5.56 Å². The third kappa shape index (κ3) is 6.93. The number of carbonyl (C=O) groups excluding carboxylic acids is 2. The maximum absolute atomic E-state index is 12.4. The molecule has 2 amide bonds. The summed E-state index contributed by atoms with van der Waals surface area (Å²) in [5.74, 6) is 0.113. The highest BCUT2D eigenvalue weighted by atomic mass is 35.5. The van der Waals surface area contributed by atoms with Crippen molar-refractivity contribution in [1.82, 2.24) is 20.1 Å². The Morgan fingerprint density at radius 3 is 2.60 bits per heavy atom. The second-order valence-corrected chi connectivity index (χ2v) is 9.13. The fourth-order valence-corrected chi connectivity index (χ4v) is 4.25. The van der Waals surface area contributed by atoms with Gasteiger partial charge in [0.05, 0.1) is 26.4 Å². The van der Waals surface area contributed by atoms with Gasteiger partial charge >= 0.3 is 0 Å². The number of rotatable bonds is 10. The number of carbonyl (C=O) groups is 2. The summed E-state index contributed by atoms with van der Waals surface area (Å²) in [5.41, 5.74) is 1.41. The molecule has 0 radical (unpaired) electrons. The van der Waals surface area contributed by atoms with Crippen molar-refractivity contribution in [1.29, 1.82) is 0 Å². The minimum atomic E-state index is -0.512. The molecule has 0 aliphatic heterocycles. The van der Waals surface area contributed by atoms with E-state index in [0.29, 0.717) is 51.8 Å². The molecule has 0 spiro atoms. The summed E-state index contributed by atoms with van der Waals surface area (Å²) >= 11 is 13.1. The third-order valence-corrected chi connectivity index (χ3v) is 6.67. The summed E-state index contributed by atoms with van der Waals surface area (Å²) in [6.07, 6.45) is 0.438. The average Bonchev–Trinajstić information content (AvgIpc) is 3.22. The third-order valence-electron chi connectivity index (χ3n) is 4.96. The van der Waals surface area contributed by atoms with Gasteiger partial charge in [0, 0.05) is 37.2 Å². The quantitative estimate of drug-likeness (QED) is 0.221. The molecule has 1 heterocycles. The zero-order valence-electron chi connectivity index (χ0n) is 18.9. The number of aryl methyl sites for hydroxylation is 1. The van der Waals surface area contributed by atoms with Crippen LogP contribution in [0.4, 0.5) is 11.4 Å². The lowest BCUT2D eigenvalue weighted by atomic mass is 10.2. The number of anilines is 1. The topological polar surface area (TPSA) is 132 Å². The number of hydrogen-bond acceptors (Lipinski definition) is 7. The fraction of sp³-hybridized carbons (Fsp3) is 0.273. The van der Waals surface area contributed by atoms with Gasteiger partial charge in [0.25, 0.3) is 11.6 Å². The number of nitro benzene ring substituents is 1. The molecule has 184 valence electrons. The van der Waals surface area contributed by atoms with E-state index in [1.165, 1.54) is 30.0 Å². The van der Waals surface area contributed by atoms with Gasteiger partial charge in [-0.05, 0) is 37.6 Å². The predicted molar refractivity (Wildman–Crippen MR) is 135 cm³/mol. The van der Waals surface area contributed by atoms with Gasteiger partial charge in [-0.2, -0.15) is 0 Å². The molecule has 1 aromatic heterocycles. The Hall–Kier alpha value is -3.15. The van der Waals surface area contributed by atoms with Crippen molar-refractivity contribution < 1.29 is 14.5 Å². The second-order valence-electron chi connectivity index (χ2n) is 7.37. The van der Waals surface area contributed by atoms with E-state index >= 15 is 0 Å². The number of thioether (sulfide) groups is 1. The molecule has 10 nitrogen and oxygen atoms in total. The maximum atomic E-state index is 12.4. The standard InChI is InChI=1S/C22H22Cl2N6O4S/c1-3-29-19(8-9-25-21(32)14-5-7-16(23)17(24)10-14)27-28-22(29)35-12-20(31)26-18-11-15(30(33)34)6-4-13(18)2/h4-7,10-11H,3,8-9,12H2,1-2H3,(H,25,32)(H,26,31). The van der Waals surface area contributed by atoms with Crippen molar-refractivity contribution in [3.05, 3.63) is 73.5 Å². The van der Waals surface area contributed by atoms with Crippen molar-refractivity contribution in [2.75, 3.05) is 17.6 Å². The smallest absolute Gasteiger partial charge is 0.271 e. The largest absolute Gasteiger partial charge is 0.352 e. The Balaban J connectivity index is 1.55. The van der Waals surface area contributed by atoms with Gasteiger partial charge in [0.15, 0.2) is 5.16 Å². The Morgan fingerprint density at radius 2 is 1.91 bits per heavy atom. The van der Waals surface area contributed by atoms with Crippen LogP contribution in [0.1, 0.15) is 28.7 Å². The van der Waals surface area contributed by atoms with E-state index in [1.807, 2.05) is 11.5 Å². The van der Waals surface area contributed by atoms with Gasteiger partial charge < -0.3 is 15.2 Å². The molecule has 0 aliphatic rings. The molecule has 13 heteroatoms. The lowest BCUT2D eigenvalue weighted by molar-refractivity contribution is -0.384. The first-order valence-corrected chi connectivity index (χ1v) is 12.3. The normalized spacial score (nSPS) is 10.7. The van der Waals surface area contributed by atoms with Crippen LogP contribution in [0.25, 0.3) is 0 Å². The number of hydrogen-bond donors (Lipinski definition) is 2. The fourth-order valence-electron chi connectivity index (χ4n) is 3.13. The van der Waals surface area contributed by atoms with Crippen LogP contribution >= 0.6 is 35.0 Å². The number of benzene rings is 2. The number of nitro groups is 1. The molecule has 35 heavy (non-hydrogen) atoms. The zero-order chi connectivity index (χ0) is 25.5. The van der Waals surface area contributed by atoms with Gasteiger partial charge in [-0.15, -0.1) is 10.2 Å². The van der Waals surface area contributed by atoms with Crippen LogP contribution in [-0.2, 0) is 17.8 Å². The molecule has 2 aromatic carbocycles. The number of amides is 2. The summed E-state index contributed by atoms with van der Waals surface area (Å²) in [5, 5.41) is 26.1. The van der Waals surface area contributed by atoms with E-state index in [4.69, 9.17) is 23.2 Å². The highest BCUT2D eigenvalue weighted by Crippen LogP contribution is 2.24. The molecular weight excluding hydrogens is 515 g/mol. The lowest BCUT2D eigenvalue weighted by Crippen LogP contribution is -2.26. The van der Waals surface area contributed by atoms with E-state index in [1.54, 1.807) is 25.1 Å². The first-order chi connectivity index (χ1) is 16.7. The SMILES string of the molecule is CCn1c(CCNC(=O)c2ccc(Cl)c(Cl)c2)nnc1SCC(=O)Nc1cc([N+](=O)[O-])ccc1C. The molecule has 0 atom stereocenters. The lowest BCUT2D eigenvalue weighted by Gasteiger charge is -2.10. The van der Waals surface area contributed by atoms with Gasteiger partial charge in [-0.1, -0.05) is 41.0 Å². The first kappa shape index (κ1) is 26.5. The van der Waals surface area contributed by atoms with Crippen LogP contribution < -0.4 is 10.6 Å².